The first-order chi connectivity index (χ1) is 4.47. The number of nitrogens with zero attached hydrogens (tertiary/aromatic N) is 1. The van der Waals surface area contributed by atoms with Crippen LogP contribution in [0.2, 0.25) is 0 Å². The molecule has 0 spiro atoms. The maximum atomic E-state index is 3.36. The molecular weight excluding hydrogens is 112 g/mol. The number of hydrogen-bond acceptors (Lipinski definition) is 2. The van der Waals surface area contributed by atoms with E-state index >= 15 is 0 Å². The molecule has 2 heterocycles. The molecule has 2 aliphatic rings. The Morgan fingerprint density at radius 1 is 1.56 bits per heavy atom. The van der Waals surface area contributed by atoms with E-state index in [4.69, 9.17) is 0 Å². The number of piperazine rings is 1. The normalized spacial score (nSPS) is 34.9. The first-order valence-electron chi connectivity index (χ1n) is 3.58. The van der Waals surface area contributed by atoms with Crippen molar-refractivity contribution >= 4 is 0 Å². The van der Waals surface area contributed by atoms with Crippen LogP contribution in [0.15, 0.2) is 12.2 Å². The van der Waals surface area contributed by atoms with Crippen LogP contribution in [0.5, 0.6) is 0 Å². The van der Waals surface area contributed by atoms with Gasteiger partial charge >= 0.3 is 0 Å². The molecule has 0 aromatic rings. The van der Waals surface area contributed by atoms with Gasteiger partial charge in [-0.1, -0.05) is 12.2 Å². The topological polar surface area (TPSA) is 15.3 Å². The van der Waals surface area contributed by atoms with E-state index in [2.05, 4.69) is 22.4 Å². The van der Waals surface area contributed by atoms with Crippen molar-refractivity contribution < 1.29 is 0 Å². The van der Waals surface area contributed by atoms with Crippen LogP contribution in [0.3, 0.4) is 0 Å². The maximum Gasteiger partial charge on any atom is 0.0407 e. The van der Waals surface area contributed by atoms with Crippen LogP contribution in [-0.4, -0.2) is 37.1 Å². The Morgan fingerprint density at radius 2 is 2.56 bits per heavy atom. The van der Waals surface area contributed by atoms with E-state index in [-0.39, 0.29) is 0 Å². The Hall–Kier alpha value is -0.340. The molecule has 9 heavy (non-hydrogen) atoms. The van der Waals surface area contributed by atoms with E-state index in [0.29, 0.717) is 6.04 Å². The maximum absolute atomic E-state index is 3.36. The smallest absolute Gasteiger partial charge is 0.0407 e. The molecule has 1 atom stereocenters. The first kappa shape index (κ1) is 5.45. The predicted octanol–water partition coefficient (Wildman–Crippen LogP) is -0.170. The minimum absolute atomic E-state index is 0.707. The molecule has 0 aromatic carbocycles. The summed E-state index contributed by atoms with van der Waals surface area (Å²) in [4.78, 5) is 2.50. The molecule has 1 unspecified atom stereocenters. The van der Waals surface area contributed by atoms with Crippen LogP contribution in [-0.2, 0) is 0 Å². The standard InChI is InChI=1S/C7H12N2/c1-2-7-6-8-3-5-9(7)4-1/h1-2,7-8H,3-6H2. The number of fused-ring (bicyclic) bond motifs is 1. The van der Waals surface area contributed by atoms with Gasteiger partial charge in [0.05, 0.1) is 0 Å². The highest BCUT2D eigenvalue weighted by molar-refractivity contribution is 5.06. The Bertz CT molecular complexity index is 131. The molecule has 1 N–H and O–H groups in total. The van der Waals surface area contributed by atoms with Crippen LogP contribution < -0.4 is 5.32 Å². The Labute approximate surface area is 55.5 Å². The van der Waals surface area contributed by atoms with E-state index < -0.39 is 0 Å². The number of rotatable bonds is 0. The lowest BCUT2D eigenvalue weighted by molar-refractivity contribution is 0.229. The van der Waals surface area contributed by atoms with Gasteiger partial charge in [0.15, 0.2) is 0 Å². The van der Waals surface area contributed by atoms with E-state index in [1.54, 1.807) is 0 Å². The molecule has 2 heteroatoms. The summed E-state index contributed by atoms with van der Waals surface area (Å²) in [5.74, 6) is 0. The minimum atomic E-state index is 0.707. The van der Waals surface area contributed by atoms with Gasteiger partial charge in [-0.25, -0.2) is 0 Å². The largest absolute Gasteiger partial charge is 0.314 e. The summed E-state index contributed by atoms with van der Waals surface area (Å²) in [5.41, 5.74) is 0. The van der Waals surface area contributed by atoms with Gasteiger partial charge in [-0.2, -0.15) is 0 Å². The molecule has 2 aliphatic heterocycles. The molecule has 2 nitrogen and oxygen atoms in total. The highest BCUT2D eigenvalue weighted by atomic mass is 15.2. The summed E-state index contributed by atoms with van der Waals surface area (Å²) in [5, 5.41) is 3.36. The summed E-state index contributed by atoms with van der Waals surface area (Å²) in [7, 11) is 0. The summed E-state index contributed by atoms with van der Waals surface area (Å²) in [6.07, 6.45) is 4.56. The average Bonchev–Trinajstić information content (AvgIpc) is 2.33. The SMILES string of the molecule is C1=CC2CNCCN2C1. The van der Waals surface area contributed by atoms with Crippen molar-refractivity contribution in [2.45, 2.75) is 6.04 Å². The van der Waals surface area contributed by atoms with E-state index in [0.717, 1.165) is 13.1 Å². The zero-order valence-corrected chi connectivity index (χ0v) is 5.51. The Morgan fingerprint density at radius 3 is 3.44 bits per heavy atom. The van der Waals surface area contributed by atoms with E-state index in [9.17, 15) is 0 Å². The second-order valence-corrected chi connectivity index (χ2v) is 2.69. The monoisotopic (exact) mass is 124 g/mol. The quantitative estimate of drug-likeness (QED) is 0.451. The zero-order valence-electron chi connectivity index (χ0n) is 5.51. The summed E-state index contributed by atoms with van der Waals surface area (Å²) >= 11 is 0. The fourth-order valence-corrected chi connectivity index (χ4v) is 1.54. The van der Waals surface area contributed by atoms with Crippen LogP contribution in [0.1, 0.15) is 0 Å². The van der Waals surface area contributed by atoms with Gasteiger partial charge in [0.25, 0.3) is 0 Å². The predicted molar refractivity (Wildman–Crippen MR) is 37.4 cm³/mol. The molecule has 0 bridgehead atoms. The molecule has 0 amide bonds. The average molecular weight is 124 g/mol. The highest BCUT2D eigenvalue weighted by Crippen LogP contribution is 2.09. The van der Waals surface area contributed by atoms with Gasteiger partial charge < -0.3 is 5.32 Å². The molecule has 0 aliphatic carbocycles. The molecule has 50 valence electrons. The van der Waals surface area contributed by atoms with Crippen LogP contribution in [0.4, 0.5) is 0 Å². The van der Waals surface area contributed by atoms with Crippen LogP contribution >= 0.6 is 0 Å². The van der Waals surface area contributed by atoms with Gasteiger partial charge in [0.1, 0.15) is 0 Å². The third-order valence-corrected chi connectivity index (χ3v) is 2.10. The van der Waals surface area contributed by atoms with Crippen molar-refractivity contribution in [3.05, 3.63) is 12.2 Å². The lowest BCUT2D eigenvalue weighted by atomic mass is 10.2. The lowest BCUT2D eigenvalue weighted by Crippen LogP contribution is -2.47. The molecule has 1 saturated heterocycles. The van der Waals surface area contributed by atoms with Crippen LogP contribution in [0, 0.1) is 0 Å². The van der Waals surface area contributed by atoms with Crippen molar-refractivity contribution in [2.24, 2.45) is 0 Å². The van der Waals surface area contributed by atoms with Crippen molar-refractivity contribution in [1.82, 2.24) is 10.2 Å². The minimum Gasteiger partial charge on any atom is -0.314 e. The van der Waals surface area contributed by atoms with Crippen molar-refractivity contribution in [3.63, 3.8) is 0 Å². The molecule has 0 aromatic heterocycles. The molecule has 0 radical (unpaired) electrons. The van der Waals surface area contributed by atoms with Crippen LogP contribution in [0.25, 0.3) is 0 Å². The molecule has 0 saturated carbocycles. The zero-order chi connectivity index (χ0) is 6.10. The van der Waals surface area contributed by atoms with Gasteiger partial charge in [-0.3, -0.25) is 4.90 Å². The summed E-state index contributed by atoms with van der Waals surface area (Å²) in [6.45, 7) is 4.71. The molecule has 1 fully saturated rings. The van der Waals surface area contributed by atoms with Crippen molar-refractivity contribution in [1.29, 1.82) is 0 Å². The Balaban J connectivity index is 2.03. The van der Waals surface area contributed by atoms with Crippen molar-refractivity contribution in [2.75, 3.05) is 26.2 Å². The lowest BCUT2D eigenvalue weighted by Gasteiger charge is -2.29. The van der Waals surface area contributed by atoms with Crippen molar-refractivity contribution in [3.8, 4) is 0 Å². The fraction of sp³-hybridized carbons (Fsp3) is 0.714. The molecule has 2 rings (SSSR count). The number of hydrogen-bond donors (Lipinski definition) is 1. The van der Waals surface area contributed by atoms with Gasteiger partial charge in [0.2, 0.25) is 0 Å². The second-order valence-electron chi connectivity index (χ2n) is 2.69. The van der Waals surface area contributed by atoms with Gasteiger partial charge in [-0.15, -0.1) is 0 Å². The van der Waals surface area contributed by atoms with Gasteiger partial charge in [0, 0.05) is 32.2 Å². The fourth-order valence-electron chi connectivity index (χ4n) is 1.54. The second kappa shape index (κ2) is 2.12. The third kappa shape index (κ3) is 0.884. The third-order valence-electron chi connectivity index (χ3n) is 2.10. The number of nitrogens with one attached hydrogen (secondary N) is 1. The summed E-state index contributed by atoms with van der Waals surface area (Å²) in [6, 6.07) is 0.707. The molecular formula is C7H12N2. The van der Waals surface area contributed by atoms with E-state index in [1.165, 1.54) is 13.1 Å². The van der Waals surface area contributed by atoms with E-state index in [1.807, 2.05) is 0 Å². The highest BCUT2D eigenvalue weighted by Gasteiger charge is 2.21. The summed E-state index contributed by atoms with van der Waals surface area (Å²) < 4.78 is 0. The van der Waals surface area contributed by atoms with Gasteiger partial charge in [-0.05, 0) is 0 Å². The first-order valence-corrected chi connectivity index (χ1v) is 3.58. The Kier molecular flexibility index (Phi) is 1.28.